The summed E-state index contributed by atoms with van der Waals surface area (Å²) in [5.74, 6) is 0.0446. The number of rotatable bonds is 6. The zero-order valence-electron chi connectivity index (χ0n) is 13.7. The van der Waals surface area contributed by atoms with Crippen molar-refractivity contribution in [2.75, 3.05) is 5.32 Å². The smallest absolute Gasteiger partial charge is 0.311 e. The number of ether oxygens (including phenoxy) is 1. The molecule has 2 aromatic heterocycles. The Morgan fingerprint density at radius 1 is 1.19 bits per heavy atom. The SMILES string of the molecule is CC(=O)OCc1ccc(Nc2nc(-n3nccn3)ccc2[N+](=O)[O-])cc1. The fourth-order valence-electron chi connectivity index (χ4n) is 2.13. The van der Waals surface area contributed by atoms with Crippen LogP contribution in [0.1, 0.15) is 12.5 Å². The number of hydrogen-bond donors (Lipinski definition) is 1. The van der Waals surface area contributed by atoms with Crippen LogP contribution in [0.3, 0.4) is 0 Å². The van der Waals surface area contributed by atoms with Crippen LogP contribution >= 0.6 is 0 Å². The Balaban J connectivity index is 1.84. The lowest BCUT2D eigenvalue weighted by atomic mass is 10.2. The third-order valence-corrected chi connectivity index (χ3v) is 3.34. The lowest BCUT2D eigenvalue weighted by Gasteiger charge is -2.09. The van der Waals surface area contributed by atoms with Crippen LogP contribution in [0.4, 0.5) is 17.2 Å². The molecule has 0 saturated heterocycles. The Hall–Kier alpha value is -3.82. The number of benzene rings is 1. The maximum Gasteiger partial charge on any atom is 0.311 e. The summed E-state index contributed by atoms with van der Waals surface area (Å²) >= 11 is 0. The first-order chi connectivity index (χ1) is 12.5. The van der Waals surface area contributed by atoms with Crippen molar-refractivity contribution >= 4 is 23.2 Å². The Bertz CT molecular complexity index is 924. The molecule has 0 bridgehead atoms. The van der Waals surface area contributed by atoms with Crippen LogP contribution < -0.4 is 5.32 Å². The van der Waals surface area contributed by atoms with Crippen LogP contribution in [-0.2, 0) is 16.1 Å². The maximum atomic E-state index is 11.3. The lowest BCUT2D eigenvalue weighted by Crippen LogP contribution is -2.06. The van der Waals surface area contributed by atoms with Gasteiger partial charge >= 0.3 is 11.7 Å². The van der Waals surface area contributed by atoms with Crippen LogP contribution in [0.5, 0.6) is 0 Å². The molecule has 10 nitrogen and oxygen atoms in total. The van der Waals surface area contributed by atoms with Crippen LogP contribution in [0.2, 0.25) is 0 Å². The molecule has 0 aliphatic heterocycles. The van der Waals surface area contributed by atoms with Gasteiger partial charge in [-0.05, 0) is 23.8 Å². The van der Waals surface area contributed by atoms with E-state index in [9.17, 15) is 14.9 Å². The molecule has 26 heavy (non-hydrogen) atoms. The number of hydrogen-bond acceptors (Lipinski definition) is 8. The number of anilines is 2. The zero-order chi connectivity index (χ0) is 18.5. The van der Waals surface area contributed by atoms with Crippen LogP contribution in [0.15, 0.2) is 48.8 Å². The van der Waals surface area contributed by atoms with Gasteiger partial charge in [-0.1, -0.05) is 12.1 Å². The summed E-state index contributed by atoms with van der Waals surface area (Å²) in [7, 11) is 0. The largest absolute Gasteiger partial charge is 0.461 e. The number of carbonyl (C=O) groups is 1. The molecule has 3 rings (SSSR count). The molecule has 3 aromatic rings. The van der Waals surface area contributed by atoms with Crippen molar-refractivity contribution < 1.29 is 14.5 Å². The predicted octanol–water partition coefficient (Wildman–Crippen LogP) is 2.38. The highest BCUT2D eigenvalue weighted by Gasteiger charge is 2.17. The first-order valence-corrected chi connectivity index (χ1v) is 7.54. The molecule has 132 valence electrons. The number of nitrogens with zero attached hydrogens (tertiary/aromatic N) is 5. The standard InChI is InChI=1S/C16H14N6O4/c1-11(23)26-10-12-2-4-13(5-3-12)19-16-14(22(24)25)6-7-15(20-16)21-17-8-9-18-21/h2-9H,10H2,1H3,(H,19,20). The number of nitrogens with one attached hydrogen (secondary N) is 1. The molecular weight excluding hydrogens is 340 g/mol. The predicted molar refractivity (Wildman–Crippen MR) is 91.0 cm³/mol. The number of pyridine rings is 1. The van der Waals surface area contributed by atoms with Crippen LogP contribution in [-0.4, -0.2) is 30.9 Å². The van der Waals surface area contributed by atoms with Gasteiger partial charge in [0.2, 0.25) is 5.82 Å². The Morgan fingerprint density at radius 3 is 2.50 bits per heavy atom. The highest BCUT2D eigenvalue weighted by Crippen LogP contribution is 2.26. The number of aromatic nitrogens is 4. The Morgan fingerprint density at radius 2 is 1.88 bits per heavy atom. The van der Waals surface area contributed by atoms with Crippen molar-refractivity contribution in [1.82, 2.24) is 20.0 Å². The van der Waals surface area contributed by atoms with E-state index in [-0.39, 0.29) is 24.1 Å². The third-order valence-electron chi connectivity index (χ3n) is 3.34. The lowest BCUT2D eigenvalue weighted by molar-refractivity contribution is -0.384. The second-order valence-electron chi connectivity index (χ2n) is 5.21. The summed E-state index contributed by atoms with van der Waals surface area (Å²) in [6, 6.07) is 9.72. The molecule has 0 aliphatic rings. The molecule has 1 aromatic carbocycles. The fourth-order valence-corrected chi connectivity index (χ4v) is 2.13. The third kappa shape index (κ3) is 3.98. The van der Waals surface area contributed by atoms with E-state index in [1.54, 1.807) is 24.3 Å². The van der Waals surface area contributed by atoms with E-state index in [1.165, 1.54) is 36.2 Å². The molecule has 0 saturated carbocycles. The van der Waals surface area contributed by atoms with Crippen molar-refractivity contribution in [1.29, 1.82) is 0 Å². The summed E-state index contributed by atoms with van der Waals surface area (Å²) in [5, 5.41) is 22.1. The number of esters is 1. The van der Waals surface area contributed by atoms with Gasteiger partial charge in [0, 0.05) is 18.7 Å². The van der Waals surface area contributed by atoms with Crippen molar-refractivity contribution in [2.24, 2.45) is 0 Å². The van der Waals surface area contributed by atoms with Gasteiger partial charge in [0.05, 0.1) is 17.3 Å². The molecular formula is C16H14N6O4. The first kappa shape index (κ1) is 17.0. The van der Waals surface area contributed by atoms with Gasteiger partial charge < -0.3 is 10.1 Å². The average molecular weight is 354 g/mol. The second kappa shape index (κ2) is 7.38. The molecule has 10 heteroatoms. The summed E-state index contributed by atoms with van der Waals surface area (Å²) < 4.78 is 4.92. The van der Waals surface area contributed by atoms with Gasteiger partial charge in [-0.3, -0.25) is 14.9 Å². The molecule has 0 aliphatic carbocycles. The summed E-state index contributed by atoms with van der Waals surface area (Å²) in [4.78, 5) is 27.1. The molecule has 0 unspecified atom stereocenters. The molecule has 0 spiro atoms. The molecule has 0 atom stereocenters. The minimum absolute atomic E-state index is 0.0672. The average Bonchev–Trinajstić information content (AvgIpc) is 3.15. The quantitative estimate of drug-likeness (QED) is 0.406. The number of nitro groups is 1. The molecule has 0 radical (unpaired) electrons. The Labute approximate surface area is 147 Å². The van der Waals surface area contributed by atoms with Gasteiger partial charge in [-0.25, -0.2) is 4.98 Å². The van der Waals surface area contributed by atoms with Gasteiger partial charge in [-0.15, -0.1) is 4.80 Å². The molecule has 1 N–H and O–H groups in total. The fraction of sp³-hybridized carbons (Fsp3) is 0.125. The highest BCUT2D eigenvalue weighted by molar-refractivity contribution is 5.67. The van der Waals surface area contributed by atoms with Gasteiger partial charge in [0.1, 0.15) is 6.61 Å². The summed E-state index contributed by atoms with van der Waals surface area (Å²) in [6.45, 7) is 1.50. The highest BCUT2D eigenvalue weighted by atomic mass is 16.6. The monoisotopic (exact) mass is 354 g/mol. The molecule has 2 heterocycles. The zero-order valence-corrected chi connectivity index (χ0v) is 13.7. The Kier molecular flexibility index (Phi) is 4.83. The summed E-state index contributed by atoms with van der Waals surface area (Å²) in [6.07, 6.45) is 2.97. The van der Waals surface area contributed by atoms with Gasteiger partial charge in [-0.2, -0.15) is 10.2 Å². The topological polar surface area (TPSA) is 125 Å². The van der Waals surface area contributed by atoms with Crippen LogP contribution in [0, 0.1) is 10.1 Å². The van der Waals surface area contributed by atoms with Gasteiger partial charge in [0.15, 0.2) is 5.82 Å². The minimum Gasteiger partial charge on any atom is -0.461 e. The van der Waals surface area contributed by atoms with Crippen molar-refractivity contribution in [2.45, 2.75) is 13.5 Å². The first-order valence-electron chi connectivity index (χ1n) is 7.54. The van der Waals surface area contributed by atoms with Crippen molar-refractivity contribution in [3.8, 4) is 5.82 Å². The van der Waals surface area contributed by atoms with E-state index in [0.717, 1.165) is 5.56 Å². The van der Waals surface area contributed by atoms with E-state index in [2.05, 4.69) is 20.5 Å². The van der Waals surface area contributed by atoms with E-state index in [0.29, 0.717) is 11.5 Å². The minimum atomic E-state index is -0.523. The molecule has 0 fully saturated rings. The van der Waals surface area contributed by atoms with Crippen molar-refractivity contribution in [3.63, 3.8) is 0 Å². The van der Waals surface area contributed by atoms with E-state index >= 15 is 0 Å². The normalized spacial score (nSPS) is 10.3. The van der Waals surface area contributed by atoms with E-state index < -0.39 is 4.92 Å². The number of carbonyl (C=O) groups excluding carboxylic acids is 1. The molecule has 0 amide bonds. The maximum absolute atomic E-state index is 11.3. The van der Waals surface area contributed by atoms with E-state index in [4.69, 9.17) is 4.74 Å². The van der Waals surface area contributed by atoms with Crippen LogP contribution in [0.25, 0.3) is 5.82 Å². The summed E-state index contributed by atoms with van der Waals surface area (Å²) in [5.41, 5.74) is 1.21. The van der Waals surface area contributed by atoms with E-state index in [1.807, 2.05) is 0 Å². The second-order valence-corrected chi connectivity index (χ2v) is 5.21. The van der Waals surface area contributed by atoms with Crippen molar-refractivity contribution in [3.05, 3.63) is 64.5 Å². The van der Waals surface area contributed by atoms with Gasteiger partial charge in [0.25, 0.3) is 0 Å².